The van der Waals surface area contributed by atoms with Gasteiger partial charge >= 0.3 is 6.18 Å². The van der Waals surface area contributed by atoms with Gasteiger partial charge in [-0.05, 0) is 25.7 Å². The van der Waals surface area contributed by atoms with Crippen LogP contribution in [0.1, 0.15) is 90.4 Å². The van der Waals surface area contributed by atoms with Gasteiger partial charge in [-0.1, -0.05) is 70.4 Å². The fourth-order valence-electron chi connectivity index (χ4n) is 2.31. The Morgan fingerprint density at radius 2 is 1.23 bits per heavy atom. The minimum atomic E-state index is -4.65. The van der Waals surface area contributed by atoms with Gasteiger partial charge in [0.25, 0.3) is 0 Å². The molecule has 0 fully saturated rings. The van der Waals surface area contributed by atoms with E-state index in [9.17, 15) is 18.0 Å². The first-order chi connectivity index (χ1) is 10.5. The molecule has 0 aromatic rings. The molecular weight excluding hydrogens is 289 g/mol. The normalized spacial score (nSPS) is 12.2. The third-order valence-electron chi connectivity index (χ3n) is 3.73. The summed E-state index contributed by atoms with van der Waals surface area (Å²) in [6.07, 6.45) is 12.3. The van der Waals surface area contributed by atoms with E-state index in [1.165, 1.54) is 38.5 Å². The van der Waals surface area contributed by atoms with Crippen LogP contribution in [-0.2, 0) is 4.79 Å². The van der Waals surface area contributed by atoms with E-state index in [1.54, 1.807) is 0 Å². The third kappa shape index (κ3) is 14.2. The van der Waals surface area contributed by atoms with Crippen LogP contribution in [-0.4, -0.2) is 12.0 Å². The zero-order valence-corrected chi connectivity index (χ0v) is 13.9. The van der Waals surface area contributed by atoms with Gasteiger partial charge in [0.15, 0.2) is 0 Å². The monoisotopic (exact) mass is 320 g/mol. The van der Waals surface area contributed by atoms with Gasteiger partial charge in [0, 0.05) is 6.42 Å². The molecule has 0 saturated carbocycles. The lowest BCUT2D eigenvalue weighted by Gasteiger charge is -2.04. The van der Waals surface area contributed by atoms with Crippen molar-refractivity contribution in [2.75, 3.05) is 0 Å². The fourth-order valence-corrected chi connectivity index (χ4v) is 2.31. The van der Waals surface area contributed by atoms with Crippen LogP contribution in [0.3, 0.4) is 0 Å². The highest BCUT2D eigenvalue weighted by molar-refractivity contribution is 5.83. The van der Waals surface area contributed by atoms with Crippen molar-refractivity contribution in [2.45, 2.75) is 96.6 Å². The minimum Gasteiger partial charge on any atom is -0.290 e. The molecule has 0 aliphatic rings. The van der Waals surface area contributed by atoms with Crippen LogP contribution in [0, 0.1) is 0 Å². The zero-order chi connectivity index (χ0) is 16.7. The lowest BCUT2D eigenvalue weighted by molar-refractivity contribution is -0.171. The topological polar surface area (TPSA) is 17.1 Å². The molecule has 0 amide bonds. The Morgan fingerprint density at radius 1 is 0.773 bits per heavy atom. The molecule has 0 unspecified atom stereocenters. The van der Waals surface area contributed by atoms with E-state index in [2.05, 4.69) is 19.1 Å². The van der Waals surface area contributed by atoms with E-state index in [-0.39, 0.29) is 6.42 Å². The lowest BCUT2D eigenvalue weighted by Crippen LogP contribution is -2.22. The molecule has 130 valence electrons. The van der Waals surface area contributed by atoms with Gasteiger partial charge in [0.05, 0.1) is 0 Å². The van der Waals surface area contributed by atoms with Gasteiger partial charge in [0.1, 0.15) is 0 Å². The molecule has 0 saturated heterocycles. The molecule has 0 aliphatic carbocycles. The third-order valence-corrected chi connectivity index (χ3v) is 3.73. The fraction of sp³-hybridized carbons (Fsp3) is 0.833. The van der Waals surface area contributed by atoms with Gasteiger partial charge in [-0.25, -0.2) is 0 Å². The van der Waals surface area contributed by atoms with Crippen LogP contribution in [0.15, 0.2) is 12.2 Å². The number of rotatable bonds is 14. The van der Waals surface area contributed by atoms with E-state index < -0.39 is 12.0 Å². The summed E-state index contributed by atoms with van der Waals surface area (Å²) in [7, 11) is 0. The second-order valence-corrected chi connectivity index (χ2v) is 5.90. The van der Waals surface area contributed by atoms with E-state index in [0.29, 0.717) is 6.42 Å². The number of carbonyl (C=O) groups excluding carboxylic acids is 1. The van der Waals surface area contributed by atoms with Gasteiger partial charge < -0.3 is 0 Å². The average Bonchev–Trinajstić information content (AvgIpc) is 2.46. The van der Waals surface area contributed by atoms with Crippen molar-refractivity contribution in [1.29, 1.82) is 0 Å². The number of hydrogen-bond donors (Lipinski definition) is 0. The summed E-state index contributed by atoms with van der Waals surface area (Å²) in [5.41, 5.74) is 0. The van der Waals surface area contributed by atoms with Crippen LogP contribution in [0.25, 0.3) is 0 Å². The first-order valence-electron chi connectivity index (χ1n) is 8.73. The molecule has 22 heavy (non-hydrogen) atoms. The number of carbonyl (C=O) groups is 1. The second-order valence-electron chi connectivity index (χ2n) is 5.90. The molecule has 0 aromatic heterocycles. The number of ketones is 1. The highest BCUT2D eigenvalue weighted by Gasteiger charge is 2.36. The SMILES string of the molecule is CCCC/C=C/CCCCCCCCCCC(=O)C(F)(F)F. The van der Waals surface area contributed by atoms with Crippen molar-refractivity contribution in [3.05, 3.63) is 12.2 Å². The Labute approximate surface area is 133 Å². The molecule has 0 spiro atoms. The zero-order valence-electron chi connectivity index (χ0n) is 13.9. The number of allylic oxidation sites excluding steroid dienone is 2. The number of halogens is 3. The molecule has 0 aliphatic heterocycles. The minimum absolute atomic E-state index is 0.353. The van der Waals surface area contributed by atoms with Gasteiger partial charge in [0.2, 0.25) is 5.78 Å². The van der Waals surface area contributed by atoms with Crippen LogP contribution in [0.4, 0.5) is 13.2 Å². The van der Waals surface area contributed by atoms with Crippen molar-refractivity contribution in [3.63, 3.8) is 0 Å². The van der Waals surface area contributed by atoms with Gasteiger partial charge in [-0.3, -0.25) is 4.79 Å². The molecule has 0 aromatic carbocycles. The summed E-state index contributed by atoms with van der Waals surface area (Å²) in [5, 5.41) is 0. The molecule has 0 heterocycles. The Morgan fingerprint density at radius 3 is 1.73 bits per heavy atom. The highest BCUT2D eigenvalue weighted by Crippen LogP contribution is 2.20. The molecule has 4 heteroatoms. The number of Topliss-reactive ketones (excluding diaryl/α,β-unsaturated/α-hetero) is 1. The standard InChI is InChI=1S/C18H31F3O/c1-2-3-4-5-6-7-8-9-10-11-12-13-14-15-16-17(22)18(19,20)21/h5-6H,2-4,7-16H2,1H3/b6-5+. The first kappa shape index (κ1) is 21.2. The second kappa shape index (κ2) is 13.8. The highest BCUT2D eigenvalue weighted by atomic mass is 19.4. The van der Waals surface area contributed by atoms with Crippen LogP contribution < -0.4 is 0 Å². The van der Waals surface area contributed by atoms with Crippen molar-refractivity contribution in [2.24, 2.45) is 0 Å². The number of alkyl halides is 3. The summed E-state index contributed by atoms with van der Waals surface area (Å²) in [6, 6.07) is 0. The predicted octanol–water partition coefficient (Wildman–Crippen LogP) is 6.77. The summed E-state index contributed by atoms with van der Waals surface area (Å²) >= 11 is 0. The average molecular weight is 320 g/mol. The van der Waals surface area contributed by atoms with E-state index in [0.717, 1.165) is 32.1 Å². The van der Waals surface area contributed by atoms with Crippen LogP contribution in [0.2, 0.25) is 0 Å². The predicted molar refractivity (Wildman–Crippen MR) is 85.9 cm³/mol. The lowest BCUT2D eigenvalue weighted by atomic mass is 10.1. The molecule has 0 rings (SSSR count). The molecule has 0 atom stereocenters. The van der Waals surface area contributed by atoms with Crippen molar-refractivity contribution in [1.82, 2.24) is 0 Å². The van der Waals surface area contributed by atoms with Gasteiger partial charge in [-0.15, -0.1) is 0 Å². The molecule has 0 bridgehead atoms. The first-order valence-corrected chi connectivity index (χ1v) is 8.73. The van der Waals surface area contributed by atoms with Crippen molar-refractivity contribution in [3.8, 4) is 0 Å². The summed E-state index contributed by atoms with van der Waals surface area (Å²) in [6.45, 7) is 2.20. The summed E-state index contributed by atoms with van der Waals surface area (Å²) < 4.78 is 35.9. The van der Waals surface area contributed by atoms with Crippen LogP contribution >= 0.6 is 0 Å². The summed E-state index contributed by atoms with van der Waals surface area (Å²) in [4.78, 5) is 10.7. The Kier molecular flexibility index (Phi) is 13.3. The smallest absolute Gasteiger partial charge is 0.290 e. The number of hydrogen-bond acceptors (Lipinski definition) is 1. The summed E-state index contributed by atoms with van der Waals surface area (Å²) in [5.74, 6) is -1.58. The number of unbranched alkanes of at least 4 members (excludes halogenated alkanes) is 10. The maximum Gasteiger partial charge on any atom is 0.449 e. The van der Waals surface area contributed by atoms with Crippen LogP contribution in [0.5, 0.6) is 0 Å². The van der Waals surface area contributed by atoms with E-state index >= 15 is 0 Å². The maximum atomic E-state index is 12.0. The molecule has 1 nitrogen and oxygen atoms in total. The molecule has 0 radical (unpaired) electrons. The largest absolute Gasteiger partial charge is 0.449 e. The Hall–Kier alpha value is -0.800. The molecular formula is C18H31F3O. The quantitative estimate of drug-likeness (QED) is 0.255. The Balaban J connectivity index is 3.21. The van der Waals surface area contributed by atoms with Crippen molar-refractivity contribution >= 4 is 5.78 Å². The van der Waals surface area contributed by atoms with E-state index in [4.69, 9.17) is 0 Å². The Bertz CT molecular complexity index is 295. The molecule has 0 N–H and O–H groups in total. The van der Waals surface area contributed by atoms with Gasteiger partial charge in [-0.2, -0.15) is 13.2 Å². The van der Waals surface area contributed by atoms with E-state index in [1.807, 2.05) is 0 Å². The van der Waals surface area contributed by atoms with Crippen molar-refractivity contribution < 1.29 is 18.0 Å². The maximum absolute atomic E-state index is 12.0.